The van der Waals surface area contributed by atoms with Crippen molar-refractivity contribution in [2.75, 3.05) is 19.7 Å². The highest BCUT2D eigenvalue weighted by molar-refractivity contribution is 5.83. The van der Waals surface area contributed by atoms with Crippen LogP contribution in [0.5, 0.6) is 0 Å². The Morgan fingerprint density at radius 1 is 0.960 bits per heavy atom. The van der Waals surface area contributed by atoms with Crippen molar-refractivity contribution in [3.8, 4) is 0 Å². The van der Waals surface area contributed by atoms with Gasteiger partial charge in [0, 0.05) is 13.1 Å². The van der Waals surface area contributed by atoms with Crippen LogP contribution in [0.4, 0.5) is 0 Å². The van der Waals surface area contributed by atoms with Gasteiger partial charge in [-0.1, -0.05) is 54.6 Å². The summed E-state index contributed by atoms with van der Waals surface area (Å²) < 4.78 is 5.88. The monoisotopic (exact) mass is 335 g/mol. The number of rotatable bonds is 2. The maximum Gasteiger partial charge on any atom is 0.256 e. The summed E-state index contributed by atoms with van der Waals surface area (Å²) in [6.45, 7) is 2.29. The fourth-order valence-electron chi connectivity index (χ4n) is 4.14. The molecule has 2 unspecified atom stereocenters. The first kappa shape index (κ1) is 16.3. The number of ether oxygens (including phenoxy) is 1. The first-order chi connectivity index (χ1) is 12.3. The van der Waals surface area contributed by atoms with Crippen LogP contribution in [-0.4, -0.2) is 30.5 Å². The average molecular weight is 335 g/mol. The molecule has 2 heterocycles. The predicted molar refractivity (Wildman–Crippen MR) is 98.5 cm³/mol. The quantitative estimate of drug-likeness (QED) is 0.827. The molecule has 1 saturated heterocycles. The Labute approximate surface area is 149 Å². The van der Waals surface area contributed by atoms with Crippen LogP contribution in [0.25, 0.3) is 0 Å². The molecule has 25 heavy (non-hydrogen) atoms. The molecule has 130 valence electrons. The number of nitrogens with zero attached hydrogens (tertiary/aromatic N) is 1. The Kier molecular flexibility index (Phi) is 4.84. The molecular weight excluding hydrogens is 310 g/mol. The molecular formula is C22H25NO2. The van der Waals surface area contributed by atoms with E-state index in [0.717, 1.165) is 44.3 Å². The van der Waals surface area contributed by atoms with E-state index < -0.39 is 6.10 Å². The van der Waals surface area contributed by atoms with Crippen LogP contribution in [0.2, 0.25) is 0 Å². The largest absolute Gasteiger partial charge is 0.363 e. The van der Waals surface area contributed by atoms with Crippen LogP contribution >= 0.6 is 0 Å². The van der Waals surface area contributed by atoms with E-state index in [1.54, 1.807) is 0 Å². The van der Waals surface area contributed by atoms with E-state index in [9.17, 15) is 4.79 Å². The van der Waals surface area contributed by atoms with Crippen LogP contribution in [0.15, 0.2) is 54.6 Å². The third-order valence-corrected chi connectivity index (χ3v) is 5.53. The third-order valence-electron chi connectivity index (χ3n) is 5.53. The normalized spacial score (nSPS) is 23.6. The van der Waals surface area contributed by atoms with Crippen molar-refractivity contribution in [1.29, 1.82) is 0 Å². The number of carbonyl (C=O) groups excluding carboxylic acids is 1. The van der Waals surface area contributed by atoms with Gasteiger partial charge in [-0.15, -0.1) is 0 Å². The summed E-state index contributed by atoms with van der Waals surface area (Å²) in [5.41, 5.74) is 3.71. The van der Waals surface area contributed by atoms with E-state index in [1.165, 1.54) is 11.1 Å². The van der Waals surface area contributed by atoms with Crippen molar-refractivity contribution < 1.29 is 9.53 Å². The predicted octanol–water partition coefficient (Wildman–Crippen LogP) is 4.10. The lowest BCUT2D eigenvalue weighted by atomic mass is 9.92. The highest BCUT2D eigenvalue weighted by atomic mass is 16.5. The third kappa shape index (κ3) is 3.47. The molecule has 1 amide bonds. The molecule has 2 aliphatic heterocycles. The number of hydrogen-bond acceptors (Lipinski definition) is 2. The van der Waals surface area contributed by atoms with Gasteiger partial charge in [0.05, 0.1) is 6.61 Å². The first-order valence-corrected chi connectivity index (χ1v) is 9.36. The lowest BCUT2D eigenvalue weighted by Crippen LogP contribution is -2.38. The minimum atomic E-state index is -0.418. The van der Waals surface area contributed by atoms with Gasteiger partial charge in [0.1, 0.15) is 0 Å². The van der Waals surface area contributed by atoms with Crippen LogP contribution in [0.3, 0.4) is 0 Å². The van der Waals surface area contributed by atoms with E-state index in [1.807, 2.05) is 23.1 Å². The molecule has 0 saturated carbocycles. The molecule has 3 nitrogen and oxygen atoms in total. The van der Waals surface area contributed by atoms with Gasteiger partial charge in [-0.2, -0.15) is 0 Å². The zero-order valence-corrected chi connectivity index (χ0v) is 14.6. The Morgan fingerprint density at radius 3 is 2.64 bits per heavy atom. The minimum Gasteiger partial charge on any atom is -0.363 e. The van der Waals surface area contributed by atoms with Gasteiger partial charge in [-0.05, 0) is 48.3 Å². The Balaban J connectivity index is 1.47. The van der Waals surface area contributed by atoms with Crippen molar-refractivity contribution in [3.05, 3.63) is 71.3 Å². The van der Waals surface area contributed by atoms with E-state index in [4.69, 9.17) is 4.74 Å². The summed E-state index contributed by atoms with van der Waals surface area (Å²) in [5, 5.41) is 0. The number of hydrogen-bond donors (Lipinski definition) is 0. The van der Waals surface area contributed by atoms with Crippen LogP contribution in [-0.2, 0) is 16.0 Å². The van der Waals surface area contributed by atoms with Gasteiger partial charge in [0.25, 0.3) is 5.91 Å². The molecule has 2 aromatic carbocycles. The van der Waals surface area contributed by atoms with Gasteiger partial charge >= 0.3 is 0 Å². The molecule has 0 radical (unpaired) electrons. The number of fused-ring (bicyclic) bond motifs is 1. The van der Waals surface area contributed by atoms with Crippen molar-refractivity contribution in [3.63, 3.8) is 0 Å². The molecule has 0 spiro atoms. The minimum absolute atomic E-state index is 0.140. The van der Waals surface area contributed by atoms with Crippen LogP contribution < -0.4 is 0 Å². The van der Waals surface area contributed by atoms with Gasteiger partial charge in [-0.3, -0.25) is 4.79 Å². The number of amides is 1. The smallest absolute Gasteiger partial charge is 0.256 e. The number of carbonyl (C=O) groups is 1. The van der Waals surface area contributed by atoms with Gasteiger partial charge in [0.15, 0.2) is 6.10 Å². The fourth-order valence-corrected chi connectivity index (χ4v) is 4.14. The molecule has 2 atom stereocenters. The molecule has 1 fully saturated rings. The molecule has 2 aromatic rings. The molecule has 0 aromatic heterocycles. The van der Waals surface area contributed by atoms with Gasteiger partial charge in [-0.25, -0.2) is 0 Å². The van der Waals surface area contributed by atoms with Crippen molar-refractivity contribution in [2.24, 2.45) is 0 Å². The van der Waals surface area contributed by atoms with Crippen molar-refractivity contribution in [1.82, 2.24) is 4.90 Å². The second kappa shape index (κ2) is 7.40. The number of likely N-dealkylation sites (tertiary alicyclic amines) is 1. The Bertz CT molecular complexity index is 728. The highest BCUT2D eigenvalue weighted by Crippen LogP contribution is 2.32. The summed E-state index contributed by atoms with van der Waals surface area (Å²) in [4.78, 5) is 15.1. The molecule has 0 N–H and O–H groups in total. The van der Waals surface area contributed by atoms with Crippen LogP contribution in [0.1, 0.15) is 48.0 Å². The van der Waals surface area contributed by atoms with Gasteiger partial charge in [0.2, 0.25) is 0 Å². The molecule has 4 rings (SSSR count). The lowest BCUT2D eigenvalue weighted by Gasteiger charge is -2.30. The summed E-state index contributed by atoms with van der Waals surface area (Å²) in [5.74, 6) is 0.694. The maximum absolute atomic E-state index is 13.1. The summed E-state index contributed by atoms with van der Waals surface area (Å²) in [6, 6.07) is 18.9. The summed E-state index contributed by atoms with van der Waals surface area (Å²) in [6.07, 6.45) is 3.72. The van der Waals surface area contributed by atoms with E-state index in [-0.39, 0.29) is 5.91 Å². The second-order valence-corrected chi connectivity index (χ2v) is 7.06. The van der Waals surface area contributed by atoms with E-state index in [2.05, 4.69) is 36.4 Å². The van der Waals surface area contributed by atoms with Gasteiger partial charge < -0.3 is 9.64 Å². The summed E-state index contributed by atoms with van der Waals surface area (Å²) in [7, 11) is 0. The summed E-state index contributed by atoms with van der Waals surface area (Å²) >= 11 is 0. The Hall–Kier alpha value is -2.13. The topological polar surface area (TPSA) is 29.5 Å². The second-order valence-electron chi connectivity index (χ2n) is 7.06. The molecule has 3 heteroatoms. The fraction of sp³-hybridized carbons (Fsp3) is 0.409. The maximum atomic E-state index is 13.1. The molecule has 2 aliphatic rings. The van der Waals surface area contributed by atoms with E-state index >= 15 is 0 Å². The lowest BCUT2D eigenvalue weighted by molar-refractivity contribution is -0.145. The van der Waals surface area contributed by atoms with E-state index in [0.29, 0.717) is 12.5 Å². The highest BCUT2D eigenvalue weighted by Gasteiger charge is 2.32. The molecule has 0 aliphatic carbocycles. The standard InChI is InChI=1S/C22H25NO2/c24-22(21-20-11-5-4-9-19(20)13-16-25-21)23-14-6-10-18(12-15-23)17-7-2-1-3-8-17/h1-5,7-9,11,18,21H,6,10,12-16H2. The molecule has 0 bridgehead atoms. The Morgan fingerprint density at radius 2 is 1.76 bits per heavy atom. The first-order valence-electron chi connectivity index (χ1n) is 9.36. The zero-order valence-electron chi connectivity index (χ0n) is 14.6. The zero-order chi connectivity index (χ0) is 17.1. The van der Waals surface area contributed by atoms with Crippen molar-refractivity contribution >= 4 is 5.91 Å². The number of benzene rings is 2. The SMILES string of the molecule is O=C(C1OCCc2ccccc21)N1CCCC(c2ccccc2)CC1. The average Bonchev–Trinajstić information content (AvgIpc) is 2.94. The van der Waals surface area contributed by atoms with Crippen LogP contribution in [0, 0.1) is 0 Å². The van der Waals surface area contributed by atoms with Crippen molar-refractivity contribution in [2.45, 2.75) is 37.7 Å².